The Labute approximate surface area is 140 Å². The Morgan fingerprint density at radius 2 is 2.08 bits per heavy atom. The number of nitro groups is 1. The quantitative estimate of drug-likeness (QED) is 0.325. The number of halogens is 1. The van der Waals surface area contributed by atoms with Crippen molar-refractivity contribution in [2.24, 2.45) is 0 Å². The number of allylic oxidation sites excluding steroid dienone is 1. The van der Waals surface area contributed by atoms with Crippen LogP contribution in [0.15, 0.2) is 53.1 Å². The summed E-state index contributed by atoms with van der Waals surface area (Å²) in [6.07, 6.45) is 1.85. The van der Waals surface area contributed by atoms with E-state index in [2.05, 4.69) is 10.3 Å². The number of para-hydroxylation sites is 2. The molecule has 3 aromatic rings. The number of anilines is 1. The Kier molecular flexibility index (Phi) is 4.26. The molecule has 0 atom stereocenters. The van der Waals surface area contributed by atoms with E-state index in [4.69, 9.17) is 16.0 Å². The molecule has 0 spiro atoms. The van der Waals surface area contributed by atoms with Gasteiger partial charge in [0.05, 0.1) is 10.5 Å². The van der Waals surface area contributed by atoms with E-state index in [1.54, 1.807) is 24.3 Å². The van der Waals surface area contributed by atoms with Gasteiger partial charge in [-0.25, -0.2) is 4.98 Å². The summed E-state index contributed by atoms with van der Waals surface area (Å²) in [6.45, 7) is 0. The molecule has 1 heterocycles. The van der Waals surface area contributed by atoms with Crippen LogP contribution >= 0.6 is 11.6 Å². The number of oxazole rings is 1. The fraction of sp³-hybridized carbons (Fsp3) is 0. The molecule has 1 N–H and O–H groups in total. The molecule has 2 aromatic carbocycles. The van der Waals surface area contributed by atoms with Gasteiger partial charge in [0.15, 0.2) is 11.9 Å². The van der Waals surface area contributed by atoms with Crippen molar-refractivity contribution >= 4 is 45.9 Å². The first-order chi connectivity index (χ1) is 11.6. The molecule has 3 rings (SSSR count). The van der Waals surface area contributed by atoms with E-state index in [-0.39, 0.29) is 27.9 Å². The Balaban J connectivity index is 1.94. The van der Waals surface area contributed by atoms with Crippen LogP contribution in [0.2, 0.25) is 5.02 Å². The third-order valence-corrected chi connectivity index (χ3v) is 3.44. The summed E-state index contributed by atoms with van der Waals surface area (Å²) in [6, 6.07) is 11.2. The van der Waals surface area contributed by atoms with E-state index in [0.717, 1.165) is 0 Å². The maximum atomic E-state index is 11.3. The summed E-state index contributed by atoms with van der Waals surface area (Å²) in [7, 11) is 0. The number of nitrogens with zero attached hydrogens (tertiary/aromatic N) is 2. The van der Waals surface area contributed by atoms with E-state index in [1.165, 1.54) is 24.4 Å². The van der Waals surface area contributed by atoms with Crippen LogP contribution in [0.5, 0.6) is 0 Å². The van der Waals surface area contributed by atoms with Crippen LogP contribution in [-0.4, -0.2) is 16.2 Å². The van der Waals surface area contributed by atoms with Crippen molar-refractivity contribution in [3.05, 3.63) is 69.7 Å². The largest absolute Gasteiger partial charge is 0.436 e. The number of hydrogen-bond acceptors (Lipinski definition) is 6. The Hall–Kier alpha value is -3.19. The minimum absolute atomic E-state index is 0.121. The number of carbonyl (C=O) groups is 1. The topological polar surface area (TPSA) is 98.3 Å². The zero-order chi connectivity index (χ0) is 17.1. The van der Waals surface area contributed by atoms with Crippen LogP contribution in [0.1, 0.15) is 5.89 Å². The Morgan fingerprint density at radius 1 is 1.29 bits per heavy atom. The van der Waals surface area contributed by atoms with Crippen LogP contribution in [0.3, 0.4) is 0 Å². The summed E-state index contributed by atoms with van der Waals surface area (Å²) < 4.78 is 5.50. The minimum atomic E-state index is -0.567. The molecule has 0 fully saturated rings. The maximum absolute atomic E-state index is 11.3. The van der Waals surface area contributed by atoms with Crippen molar-refractivity contribution in [1.29, 1.82) is 0 Å². The van der Waals surface area contributed by atoms with Gasteiger partial charge in [-0.3, -0.25) is 14.9 Å². The summed E-state index contributed by atoms with van der Waals surface area (Å²) in [5, 5.41) is 14.0. The molecule has 0 aliphatic heterocycles. The fourth-order valence-electron chi connectivity index (χ4n) is 2.08. The Morgan fingerprint density at radius 3 is 2.79 bits per heavy atom. The molecule has 120 valence electrons. The molecule has 1 aromatic heterocycles. The summed E-state index contributed by atoms with van der Waals surface area (Å²) in [4.78, 5) is 26.0. The highest BCUT2D eigenvalue weighted by Crippen LogP contribution is 2.28. The third-order valence-electron chi connectivity index (χ3n) is 3.21. The number of rotatable bonds is 5. The van der Waals surface area contributed by atoms with E-state index in [9.17, 15) is 14.9 Å². The maximum Gasteiger partial charge on any atom is 0.294 e. The second-order valence-electron chi connectivity index (χ2n) is 4.77. The average Bonchev–Trinajstić information content (AvgIpc) is 3.00. The molecule has 7 nitrogen and oxygen atoms in total. The monoisotopic (exact) mass is 343 g/mol. The number of benzene rings is 2. The highest BCUT2D eigenvalue weighted by Gasteiger charge is 2.15. The number of nitro benzene ring substituents is 1. The van der Waals surface area contributed by atoms with Gasteiger partial charge in [-0.2, -0.15) is 0 Å². The number of hydrogen-bond donors (Lipinski definition) is 1. The normalized spacial score (nSPS) is 11.5. The summed E-state index contributed by atoms with van der Waals surface area (Å²) in [5.41, 5.74) is 1.26. The first kappa shape index (κ1) is 15.7. The van der Waals surface area contributed by atoms with Crippen LogP contribution < -0.4 is 5.32 Å². The molecule has 8 heteroatoms. The van der Waals surface area contributed by atoms with Crippen LogP contribution in [0.25, 0.3) is 16.7 Å². The molecule has 0 aliphatic rings. The molecule has 0 aliphatic carbocycles. The first-order valence-electron chi connectivity index (χ1n) is 6.80. The van der Waals surface area contributed by atoms with Gasteiger partial charge in [0.25, 0.3) is 5.69 Å². The average molecular weight is 344 g/mol. The van der Waals surface area contributed by atoms with Gasteiger partial charge in [-0.15, -0.1) is 0 Å². The number of aldehydes is 1. The van der Waals surface area contributed by atoms with Gasteiger partial charge in [0.2, 0.25) is 5.89 Å². The predicted molar refractivity (Wildman–Crippen MR) is 89.8 cm³/mol. The van der Waals surface area contributed by atoms with E-state index < -0.39 is 4.92 Å². The zero-order valence-electron chi connectivity index (χ0n) is 12.1. The van der Waals surface area contributed by atoms with Crippen molar-refractivity contribution in [3.63, 3.8) is 0 Å². The van der Waals surface area contributed by atoms with Crippen molar-refractivity contribution in [1.82, 2.24) is 4.98 Å². The van der Waals surface area contributed by atoms with Crippen LogP contribution in [-0.2, 0) is 4.79 Å². The lowest BCUT2D eigenvalue weighted by Gasteiger charge is -2.03. The zero-order valence-corrected chi connectivity index (χ0v) is 12.9. The lowest BCUT2D eigenvalue weighted by atomic mass is 10.2. The van der Waals surface area contributed by atoms with Crippen molar-refractivity contribution in [2.45, 2.75) is 0 Å². The number of carbonyl (C=O) groups excluding carboxylic acids is 1. The van der Waals surface area contributed by atoms with Crippen LogP contribution in [0, 0.1) is 10.1 Å². The molecular weight excluding hydrogens is 334 g/mol. The molecule has 0 saturated carbocycles. The number of nitrogens with one attached hydrogen (secondary N) is 1. The van der Waals surface area contributed by atoms with Gasteiger partial charge in [-0.05, 0) is 24.3 Å². The van der Waals surface area contributed by atoms with Crippen molar-refractivity contribution in [2.75, 3.05) is 5.32 Å². The molecule has 0 amide bonds. The van der Waals surface area contributed by atoms with E-state index in [1.807, 2.05) is 0 Å². The lowest BCUT2D eigenvalue weighted by Crippen LogP contribution is -1.98. The molecule has 0 radical (unpaired) electrons. The third kappa shape index (κ3) is 3.11. The first-order valence-corrected chi connectivity index (χ1v) is 7.18. The summed E-state index contributed by atoms with van der Waals surface area (Å²) >= 11 is 5.76. The highest BCUT2D eigenvalue weighted by atomic mass is 35.5. The molecular formula is C16H10ClN3O4. The second-order valence-corrected chi connectivity index (χ2v) is 5.20. The molecule has 0 bridgehead atoms. The number of fused-ring (bicyclic) bond motifs is 1. The van der Waals surface area contributed by atoms with Gasteiger partial charge < -0.3 is 9.73 Å². The standard InChI is InChI=1S/C16H10ClN3O4/c17-11-5-6-12(14(7-11)20(22)23)18-8-10(9-21)16-19-13-3-1-2-4-15(13)24-16/h1-9,18H. The van der Waals surface area contributed by atoms with Gasteiger partial charge in [0, 0.05) is 17.3 Å². The lowest BCUT2D eigenvalue weighted by molar-refractivity contribution is -0.383. The van der Waals surface area contributed by atoms with Gasteiger partial charge in [0.1, 0.15) is 11.2 Å². The molecule has 0 unspecified atom stereocenters. The fourth-order valence-corrected chi connectivity index (χ4v) is 2.24. The SMILES string of the molecule is O=CC(=CNc1ccc(Cl)cc1[N+](=O)[O-])c1nc2ccccc2o1. The predicted octanol–water partition coefficient (Wildman–Crippen LogP) is 4.04. The molecule has 0 saturated heterocycles. The summed E-state index contributed by atoms with van der Waals surface area (Å²) in [5.74, 6) is 0.121. The second kappa shape index (κ2) is 6.51. The molecule has 24 heavy (non-hydrogen) atoms. The highest BCUT2D eigenvalue weighted by molar-refractivity contribution is 6.30. The van der Waals surface area contributed by atoms with E-state index in [0.29, 0.717) is 17.4 Å². The number of aromatic nitrogens is 1. The van der Waals surface area contributed by atoms with Crippen molar-refractivity contribution in [3.8, 4) is 0 Å². The van der Waals surface area contributed by atoms with Gasteiger partial charge in [-0.1, -0.05) is 23.7 Å². The minimum Gasteiger partial charge on any atom is -0.436 e. The smallest absolute Gasteiger partial charge is 0.294 e. The van der Waals surface area contributed by atoms with E-state index >= 15 is 0 Å². The van der Waals surface area contributed by atoms with Crippen molar-refractivity contribution < 1.29 is 14.1 Å². The van der Waals surface area contributed by atoms with Crippen LogP contribution in [0.4, 0.5) is 11.4 Å². The van der Waals surface area contributed by atoms with Gasteiger partial charge >= 0.3 is 0 Å². The Bertz CT molecular complexity index is 932.